The highest BCUT2D eigenvalue weighted by Gasteiger charge is 2.37. The van der Waals surface area contributed by atoms with E-state index in [0.29, 0.717) is 12.1 Å². The molecule has 2 rings (SSSR count). The Balaban J connectivity index is 2.21. The molecule has 0 spiro atoms. The van der Waals surface area contributed by atoms with Crippen LogP contribution in [0.3, 0.4) is 0 Å². The van der Waals surface area contributed by atoms with E-state index in [1.165, 1.54) is 24.0 Å². The molecule has 2 unspecified atom stereocenters. The van der Waals surface area contributed by atoms with Crippen LogP contribution in [-0.4, -0.2) is 19.8 Å². The van der Waals surface area contributed by atoms with Gasteiger partial charge in [0.1, 0.15) is 0 Å². The molecule has 1 aliphatic rings. The standard InChI is InChI=1S/C16H25NO/c1-4-12-7-6-8-14(11-12)15(17-5-2)16(18-3)13-9-10-13/h6-8,11,13,15-17H,4-5,9-10H2,1-3H3. The van der Waals surface area contributed by atoms with Crippen molar-refractivity contribution in [2.24, 2.45) is 5.92 Å². The Kier molecular flexibility index (Phi) is 4.79. The van der Waals surface area contributed by atoms with Crippen LogP contribution in [0.25, 0.3) is 0 Å². The Morgan fingerprint density at radius 1 is 1.33 bits per heavy atom. The highest BCUT2D eigenvalue weighted by molar-refractivity contribution is 5.27. The van der Waals surface area contributed by atoms with Gasteiger partial charge in [0.15, 0.2) is 0 Å². The fourth-order valence-corrected chi connectivity index (χ4v) is 2.68. The summed E-state index contributed by atoms with van der Waals surface area (Å²) >= 11 is 0. The number of benzene rings is 1. The molecule has 18 heavy (non-hydrogen) atoms. The molecule has 2 atom stereocenters. The minimum atomic E-state index is 0.317. The lowest BCUT2D eigenvalue weighted by molar-refractivity contribution is 0.0511. The van der Waals surface area contributed by atoms with Crippen molar-refractivity contribution < 1.29 is 4.74 Å². The third kappa shape index (κ3) is 3.12. The SMILES string of the molecule is CCNC(c1cccc(CC)c1)C(OC)C1CC1. The molecular weight excluding hydrogens is 222 g/mol. The van der Waals surface area contributed by atoms with Crippen molar-refractivity contribution in [3.05, 3.63) is 35.4 Å². The molecule has 0 saturated heterocycles. The van der Waals surface area contributed by atoms with Gasteiger partial charge in [-0.25, -0.2) is 0 Å². The molecule has 0 aliphatic heterocycles. The van der Waals surface area contributed by atoms with Crippen LogP contribution in [0, 0.1) is 5.92 Å². The van der Waals surface area contributed by atoms with Gasteiger partial charge in [0.2, 0.25) is 0 Å². The second-order valence-corrected chi connectivity index (χ2v) is 5.17. The molecule has 2 heteroatoms. The van der Waals surface area contributed by atoms with Crippen molar-refractivity contribution >= 4 is 0 Å². The van der Waals surface area contributed by atoms with Gasteiger partial charge in [0, 0.05) is 7.11 Å². The number of ether oxygens (including phenoxy) is 1. The molecule has 1 aromatic carbocycles. The van der Waals surface area contributed by atoms with Crippen molar-refractivity contribution in [3.8, 4) is 0 Å². The Labute approximate surface area is 111 Å². The third-order valence-electron chi connectivity index (χ3n) is 3.83. The zero-order valence-electron chi connectivity index (χ0n) is 11.8. The average Bonchev–Trinajstić information content (AvgIpc) is 3.23. The average molecular weight is 247 g/mol. The zero-order valence-corrected chi connectivity index (χ0v) is 11.8. The number of likely N-dealkylation sites (N-methyl/N-ethyl adjacent to an activating group) is 1. The van der Waals surface area contributed by atoms with Crippen LogP contribution in [-0.2, 0) is 11.2 Å². The summed E-state index contributed by atoms with van der Waals surface area (Å²) in [6, 6.07) is 9.24. The Bertz CT molecular complexity index is 373. The van der Waals surface area contributed by atoms with Gasteiger partial charge in [-0.1, -0.05) is 38.1 Å². The van der Waals surface area contributed by atoms with Gasteiger partial charge >= 0.3 is 0 Å². The summed E-state index contributed by atoms with van der Waals surface area (Å²) in [7, 11) is 1.84. The Morgan fingerprint density at radius 2 is 2.11 bits per heavy atom. The van der Waals surface area contributed by atoms with E-state index in [4.69, 9.17) is 4.74 Å². The van der Waals surface area contributed by atoms with E-state index in [9.17, 15) is 0 Å². The molecule has 0 radical (unpaired) electrons. The second-order valence-electron chi connectivity index (χ2n) is 5.17. The first kappa shape index (κ1) is 13.6. The van der Waals surface area contributed by atoms with Crippen LogP contribution in [0.4, 0.5) is 0 Å². The number of hydrogen-bond acceptors (Lipinski definition) is 2. The fraction of sp³-hybridized carbons (Fsp3) is 0.625. The number of hydrogen-bond donors (Lipinski definition) is 1. The van der Waals surface area contributed by atoms with Crippen molar-refractivity contribution in [2.45, 2.75) is 45.3 Å². The lowest BCUT2D eigenvalue weighted by Crippen LogP contribution is -2.34. The summed E-state index contributed by atoms with van der Waals surface area (Å²) in [5.41, 5.74) is 2.77. The molecule has 100 valence electrons. The fourth-order valence-electron chi connectivity index (χ4n) is 2.68. The van der Waals surface area contributed by atoms with Crippen molar-refractivity contribution in [2.75, 3.05) is 13.7 Å². The molecule has 0 amide bonds. The smallest absolute Gasteiger partial charge is 0.0794 e. The van der Waals surface area contributed by atoms with Crippen LogP contribution in [0.2, 0.25) is 0 Å². The van der Waals surface area contributed by atoms with Crippen LogP contribution in [0.5, 0.6) is 0 Å². The Hall–Kier alpha value is -0.860. The van der Waals surface area contributed by atoms with Gasteiger partial charge in [0.05, 0.1) is 12.1 Å². The van der Waals surface area contributed by atoms with E-state index >= 15 is 0 Å². The summed E-state index contributed by atoms with van der Waals surface area (Å²) < 4.78 is 5.75. The molecule has 1 aromatic rings. The first-order valence-corrected chi connectivity index (χ1v) is 7.15. The lowest BCUT2D eigenvalue weighted by atomic mass is 9.96. The lowest BCUT2D eigenvalue weighted by Gasteiger charge is -2.27. The van der Waals surface area contributed by atoms with Crippen LogP contribution in [0.15, 0.2) is 24.3 Å². The maximum atomic E-state index is 5.75. The van der Waals surface area contributed by atoms with Gasteiger partial charge in [0.25, 0.3) is 0 Å². The first-order chi connectivity index (χ1) is 8.80. The predicted molar refractivity (Wildman–Crippen MR) is 75.8 cm³/mol. The van der Waals surface area contributed by atoms with E-state index in [0.717, 1.165) is 18.9 Å². The zero-order chi connectivity index (χ0) is 13.0. The summed E-state index contributed by atoms with van der Waals surface area (Å²) in [6.45, 7) is 5.35. The van der Waals surface area contributed by atoms with E-state index in [1.54, 1.807) is 0 Å². The summed E-state index contributed by atoms with van der Waals surface area (Å²) in [5, 5.41) is 3.60. The minimum Gasteiger partial charge on any atom is -0.379 e. The normalized spacial score (nSPS) is 18.6. The molecule has 1 saturated carbocycles. The molecule has 0 heterocycles. The summed E-state index contributed by atoms with van der Waals surface area (Å²) in [6.07, 6.45) is 4.03. The van der Waals surface area contributed by atoms with Gasteiger partial charge in [-0.05, 0) is 42.9 Å². The van der Waals surface area contributed by atoms with Gasteiger partial charge in [-0.3, -0.25) is 0 Å². The predicted octanol–water partition coefficient (Wildman–Crippen LogP) is 3.32. The first-order valence-electron chi connectivity index (χ1n) is 7.15. The van der Waals surface area contributed by atoms with E-state index in [2.05, 4.69) is 43.4 Å². The van der Waals surface area contributed by atoms with E-state index < -0.39 is 0 Å². The number of aryl methyl sites for hydroxylation is 1. The largest absolute Gasteiger partial charge is 0.379 e. The molecule has 0 bridgehead atoms. The van der Waals surface area contributed by atoms with Gasteiger partial charge < -0.3 is 10.1 Å². The van der Waals surface area contributed by atoms with E-state index in [-0.39, 0.29) is 0 Å². The minimum absolute atomic E-state index is 0.317. The number of methoxy groups -OCH3 is 1. The van der Waals surface area contributed by atoms with Crippen LogP contribution in [0.1, 0.15) is 43.9 Å². The Morgan fingerprint density at radius 3 is 2.67 bits per heavy atom. The maximum absolute atomic E-state index is 5.75. The molecule has 2 nitrogen and oxygen atoms in total. The maximum Gasteiger partial charge on any atom is 0.0794 e. The molecular formula is C16H25NO. The van der Waals surface area contributed by atoms with E-state index in [1.807, 2.05) is 7.11 Å². The quantitative estimate of drug-likeness (QED) is 0.798. The van der Waals surface area contributed by atoms with Crippen molar-refractivity contribution in [1.29, 1.82) is 0 Å². The number of nitrogens with one attached hydrogen (secondary N) is 1. The summed E-state index contributed by atoms with van der Waals surface area (Å²) in [5.74, 6) is 0.740. The highest BCUT2D eigenvalue weighted by Crippen LogP contribution is 2.39. The van der Waals surface area contributed by atoms with Crippen molar-refractivity contribution in [1.82, 2.24) is 5.32 Å². The highest BCUT2D eigenvalue weighted by atomic mass is 16.5. The van der Waals surface area contributed by atoms with Crippen LogP contribution >= 0.6 is 0 Å². The monoisotopic (exact) mass is 247 g/mol. The summed E-state index contributed by atoms with van der Waals surface area (Å²) in [4.78, 5) is 0. The molecule has 0 aromatic heterocycles. The second kappa shape index (κ2) is 6.35. The third-order valence-corrected chi connectivity index (χ3v) is 3.83. The molecule has 1 aliphatic carbocycles. The number of rotatable bonds is 7. The topological polar surface area (TPSA) is 21.3 Å². The molecule has 1 fully saturated rings. The van der Waals surface area contributed by atoms with Crippen molar-refractivity contribution in [3.63, 3.8) is 0 Å². The molecule has 1 N–H and O–H groups in total. The van der Waals surface area contributed by atoms with Gasteiger partial charge in [-0.2, -0.15) is 0 Å². The van der Waals surface area contributed by atoms with Crippen LogP contribution < -0.4 is 5.32 Å². The van der Waals surface area contributed by atoms with Gasteiger partial charge in [-0.15, -0.1) is 0 Å².